The van der Waals surface area contributed by atoms with Crippen molar-refractivity contribution in [2.24, 2.45) is 0 Å². The molecular weight excluding hydrogens is 386 g/mol. The number of pyridine rings is 1. The lowest BCUT2D eigenvalue weighted by atomic mass is 9.96. The van der Waals surface area contributed by atoms with Gasteiger partial charge in [-0.1, -0.05) is 42.5 Å². The Morgan fingerprint density at radius 1 is 1.13 bits per heavy atom. The van der Waals surface area contributed by atoms with Gasteiger partial charge in [0.25, 0.3) is 0 Å². The highest BCUT2D eigenvalue weighted by Crippen LogP contribution is 2.41. The predicted molar refractivity (Wildman–Crippen MR) is 123 cm³/mol. The van der Waals surface area contributed by atoms with Crippen LogP contribution in [0.5, 0.6) is 0 Å². The molecular formula is C25H25N5O. The SMILES string of the molecule is CN(C)[C@H]1CCN(c2c(-c3ccccc3)c(CO)c(C#N)c3nc4ccccc4n23)C1. The van der Waals surface area contributed by atoms with E-state index < -0.39 is 0 Å². The number of fused-ring (bicyclic) bond motifs is 3. The van der Waals surface area contributed by atoms with Crippen molar-refractivity contribution in [2.45, 2.75) is 19.1 Å². The standard InChI is InChI=1S/C25H25N5O/c1-28(2)18-12-13-29(15-18)25-23(17-8-4-3-5-9-17)20(16-31)19(14-26)24-27-21-10-6-7-11-22(21)30(24)25/h3-11,18,31H,12-13,15-16H2,1-2H3/t18-/m0/s1. The Morgan fingerprint density at radius 3 is 2.55 bits per heavy atom. The van der Waals surface area contributed by atoms with Crippen molar-refractivity contribution in [1.82, 2.24) is 14.3 Å². The van der Waals surface area contributed by atoms with Gasteiger partial charge in [0.2, 0.25) is 0 Å². The van der Waals surface area contributed by atoms with Crippen molar-refractivity contribution < 1.29 is 5.11 Å². The Bertz CT molecular complexity index is 1300. The van der Waals surface area contributed by atoms with Gasteiger partial charge in [-0.2, -0.15) is 5.26 Å². The van der Waals surface area contributed by atoms with Gasteiger partial charge in [0.15, 0.2) is 5.65 Å². The van der Waals surface area contributed by atoms with Crippen LogP contribution < -0.4 is 4.90 Å². The largest absolute Gasteiger partial charge is 0.392 e. The van der Waals surface area contributed by atoms with E-state index in [4.69, 9.17) is 4.98 Å². The number of likely N-dealkylation sites (N-methyl/N-ethyl adjacent to an activating group) is 1. The van der Waals surface area contributed by atoms with Crippen LogP contribution in [0.1, 0.15) is 17.5 Å². The van der Waals surface area contributed by atoms with Crippen molar-refractivity contribution in [3.63, 3.8) is 0 Å². The Labute approximate surface area is 181 Å². The second-order valence-electron chi connectivity index (χ2n) is 8.30. The smallest absolute Gasteiger partial charge is 0.157 e. The van der Waals surface area contributed by atoms with E-state index in [1.54, 1.807) is 0 Å². The van der Waals surface area contributed by atoms with Crippen LogP contribution in [0.4, 0.5) is 5.82 Å². The van der Waals surface area contributed by atoms with Gasteiger partial charge in [0, 0.05) is 30.3 Å². The molecule has 0 saturated carbocycles. The molecule has 0 amide bonds. The van der Waals surface area contributed by atoms with Crippen LogP contribution in [0.3, 0.4) is 0 Å². The molecule has 0 bridgehead atoms. The maximum absolute atomic E-state index is 10.4. The fraction of sp³-hybridized carbons (Fsp3) is 0.280. The minimum atomic E-state index is -0.217. The summed E-state index contributed by atoms with van der Waals surface area (Å²) in [5.41, 5.74) is 5.40. The molecule has 1 N–H and O–H groups in total. The molecule has 0 spiro atoms. The number of hydrogen-bond acceptors (Lipinski definition) is 5. The summed E-state index contributed by atoms with van der Waals surface area (Å²) in [4.78, 5) is 9.46. The lowest BCUT2D eigenvalue weighted by molar-refractivity contribution is 0.282. The molecule has 5 rings (SSSR count). The second kappa shape index (κ2) is 7.69. The second-order valence-corrected chi connectivity index (χ2v) is 8.30. The van der Waals surface area contributed by atoms with E-state index in [9.17, 15) is 10.4 Å². The topological polar surface area (TPSA) is 67.8 Å². The monoisotopic (exact) mass is 411 g/mol. The van der Waals surface area contributed by atoms with E-state index in [-0.39, 0.29) is 6.61 Å². The van der Waals surface area contributed by atoms with Gasteiger partial charge < -0.3 is 14.9 Å². The minimum absolute atomic E-state index is 0.217. The molecule has 1 saturated heterocycles. The van der Waals surface area contributed by atoms with Crippen molar-refractivity contribution in [1.29, 1.82) is 5.26 Å². The molecule has 6 nitrogen and oxygen atoms in total. The number of para-hydroxylation sites is 2. The summed E-state index contributed by atoms with van der Waals surface area (Å²) in [6.45, 7) is 1.57. The van der Waals surface area contributed by atoms with E-state index in [0.29, 0.717) is 22.8 Å². The highest BCUT2D eigenvalue weighted by molar-refractivity contribution is 5.92. The molecule has 1 aliphatic heterocycles. The maximum Gasteiger partial charge on any atom is 0.157 e. The predicted octanol–water partition coefficient (Wildman–Crippen LogP) is 3.66. The fourth-order valence-electron chi connectivity index (χ4n) is 4.75. The summed E-state index contributed by atoms with van der Waals surface area (Å²) in [7, 11) is 4.23. The third kappa shape index (κ3) is 3.05. The number of hydrogen-bond donors (Lipinski definition) is 1. The Hall–Kier alpha value is -3.40. The van der Waals surface area contributed by atoms with E-state index in [0.717, 1.165) is 47.5 Å². The third-order valence-corrected chi connectivity index (χ3v) is 6.35. The molecule has 6 heteroatoms. The zero-order valence-electron chi connectivity index (χ0n) is 17.8. The number of anilines is 1. The van der Waals surface area contributed by atoms with Crippen molar-refractivity contribution >= 4 is 22.5 Å². The number of benzene rings is 2. The Kier molecular flexibility index (Phi) is 4.85. The molecule has 3 heterocycles. The first-order chi connectivity index (χ1) is 15.1. The first-order valence-corrected chi connectivity index (χ1v) is 10.6. The molecule has 0 unspecified atom stereocenters. The molecule has 31 heavy (non-hydrogen) atoms. The van der Waals surface area contributed by atoms with E-state index >= 15 is 0 Å². The minimum Gasteiger partial charge on any atom is -0.392 e. The van der Waals surface area contributed by atoms with Gasteiger partial charge in [-0.15, -0.1) is 0 Å². The quantitative estimate of drug-likeness (QED) is 0.555. The zero-order valence-corrected chi connectivity index (χ0v) is 17.8. The van der Waals surface area contributed by atoms with E-state index in [1.807, 2.05) is 54.6 Å². The molecule has 2 aromatic heterocycles. The summed E-state index contributed by atoms with van der Waals surface area (Å²) < 4.78 is 2.12. The molecule has 0 radical (unpaired) electrons. The number of aliphatic hydroxyl groups is 1. The van der Waals surface area contributed by atoms with Crippen LogP contribution in [0.25, 0.3) is 27.8 Å². The molecule has 4 aromatic rings. The van der Waals surface area contributed by atoms with Gasteiger partial charge in [-0.25, -0.2) is 4.98 Å². The molecule has 1 atom stereocenters. The molecule has 2 aromatic carbocycles. The summed E-state index contributed by atoms with van der Waals surface area (Å²) in [5, 5.41) is 20.5. The zero-order chi connectivity index (χ0) is 21.5. The first-order valence-electron chi connectivity index (χ1n) is 10.6. The lowest BCUT2D eigenvalue weighted by Gasteiger charge is -2.27. The summed E-state index contributed by atoms with van der Waals surface area (Å²) >= 11 is 0. The van der Waals surface area contributed by atoms with E-state index in [2.05, 4.69) is 34.4 Å². The average molecular weight is 412 g/mol. The Morgan fingerprint density at radius 2 is 1.87 bits per heavy atom. The summed E-state index contributed by atoms with van der Waals surface area (Å²) in [5.74, 6) is 1.00. The molecule has 1 fully saturated rings. The normalized spacial score (nSPS) is 16.5. The van der Waals surface area contributed by atoms with Gasteiger partial charge in [0.05, 0.1) is 17.6 Å². The molecule has 1 aliphatic rings. The first kappa shape index (κ1) is 19.6. The van der Waals surface area contributed by atoms with Crippen LogP contribution in [0, 0.1) is 11.3 Å². The van der Waals surface area contributed by atoms with E-state index in [1.165, 1.54) is 0 Å². The maximum atomic E-state index is 10.4. The van der Waals surface area contributed by atoms with Gasteiger partial charge >= 0.3 is 0 Å². The van der Waals surface area contributed by atoms with Crippen LogP contribution in [-0.2, 0) is 6.61 Å². The number of nitrogens with zero attached hydrogens (tertiary/aromatic N) is 5. The fourth-order valence-corrected chi connectivity index (χ4v) is 4.75. The Balaban J connectivity index is 1.93. The number of imidazole rings is 1. The number of aromatic nitrogens is 2. The highest BCUT2D eigenvalue weighted by Gasteiger charge is 2.31. The van der Waals surface area contributed by atoms with Gasteiger partial charge in [-0.3, -0.25) is 4.40 Å². The van der Waals surface area contributed by atoms with Crippen molar-refractivity contribution in [2.75, 3.05) is 32.1 Å². The average Bonchev–Trinajstić information content (AvgIpc) is 3.43. The van der Waals surface area contributed by atoms with Crippen molar-refractivity contribution in [3.8, 4) is 17.2 Å². The lowest BCUT2D eigenvalue weighted by Crippen LogP contribution is -2.32. The number of aliphatic hydroxyl groups excluding tert-OH is 1. The van der Waals surface area contributed by atoms with Crippen LogP contribution in [-0.4, -0.2) is 52.6 Å². The van der Waals surface area contributed by atoms with Crippen molar-refractivity contribution in [3.05, 3.63) is 65.7 Å². The highest BCUT2D eigenvalue weighted by atomic mass is 16.3. The van der Waals surface area contributed by atoms with Crippen LogP contribution in [0.2, 0.25) is 0 Å². The number of rotatable bonds is 4. The summed E-state index contributed by atoms with van der Waals surface area (Å²) in [6, 6.07) is 20.8. The molecule has 156 valence electrons. The third-order valence-electron chi connectivity index (χ3n) is 6.35. The van der Waals surface area contributed by atoms with Crippen LogP contribution >= 0.6 is 0 Å². The van der Waals surface area contributed by atoms with Gasteiger partial charge in [-0.05, 0) is 38.2 Å². The van der Waals surface area contributed by atoms with Gasteiger partial charge in [0.1, 0.15) is 17.5 Å². The summed E-state index contributed by atoms with van der Waals surface area (Å²) in [6.07, 6.45) is 1.06. The van der Waals surface area contributed by atoms with Crippen LogP contribution in [0.15, 0.2) is 54.6 Å². The number of nitriles is 1. The molecule has 0 aliphatic carbocycles.